The third-order valence-electron chi connectivity index (χ3n) is 12.3. The first-order valence-corrected chi connectivity index (χ1v) is 23.1. The van der Waals surface area contributed by atoms with Crippen LogP contribution in [-0.4, -0.2) is 174 Å². The molecule has 67 heavy (non-hydrogen) atoms. The van der Waals surface area contributed by atoms with Crippen LogP contribution in [0.2, 0.25) is 0 Å². The van der Waals surface area contributed by atoms with Crippen molar-refractivity contribution in [2.75, 3.05) is 7.05 Å². The molecular formula is C48H77N3O16. The monoisotopic (exact) mass is 952 g/mol. The number of ether oxygens (including phenoxy) is 4. The highest BCUT2D eigenvalue weighted by Crippen LogP contribution is 2.35. The molecule has 3 rings (SSSR count). The molecule has 14 N–H and O–H groups in total. The minimum atomic E-state index is -2.23. The summed E-state index contributed by atoms with van der Waals surface area (Å²) in [5, 5.41) is 114. The fourth-order valence-corrected chi connectivity index (χ4v) is 8.06. The van der Waals surface area contributed by atoms with Crippen molar-refractivity contribution in [2.24, 2.45) is 17.6 Å². The van der Waals surface area contributed by atoms with Gasteiger partial charge in [0.05, 0.1) is 85.6 Å². The Morgan fingerprint density at radius 2 is 1.27 bits per heavy atom. The number of aliphatic hydroxyl groups is 10. The Hall–Kier alpha value is -3.64. The van der Waals surface area contributed by atoms with Crippen LogP contribution in [-0.2, 0) is 23.7 Å². The lowest BCUT2D eigenvalue weighted by Gasteiger charge is -2.46. The molecule has 2 saturated heterocycles. The van der Waals surface area contributed by atoms with Crippen LogP contribution in [0.3, 0.4) is 0 Å². The van der Waals surface area contributed by atoms with Crippen molar-refractivity contribution in [2.45, 2.75) is 183 Å². The molecule has 2 amide bonds. The predicted octanol–water partition coefficient (Wildman–Crippen LogP) is 0.309. The molecule has 3 aliphatic heterocycles. The molecule has 380 valence electrons. The minimum absolute atomic E-state index is 0.0901. The maximum Gasteiger partial charge on any atom is 0.314 e. The van der Waals surface area contributed by atoms with E-state index >= 15 is 0 Å². The molecule has 19 heteroatoms. The smallest absolute Gasteiger partial charge is 0.314 e. The number of cyclic esters (lactones) is 1. The van der Waals surface area contributed by atoms with Crippen LogP contribution in [0.1, 0.15) is 79.1 Å². The summed E-state index contributed by atoms with van der Waals surface area (Å²) in [6.07, 6.45) is 5.17. The summed E-state index contributed by atoms with van der Waals surface area (Å²) in [7, 11) is 1.37. The van der Waals surface area contributed by atoms with Crippen molar-refractivity contribution in [3.05, 3.63) is 85.1 Å². The summed E-state index contributed by atoms with van der Waals surface area (Å²) < 4.78 is 23.6. The lowest BCUT2D eigenvalue weighted by atomic mass is 9.87. The first kappa shape index (κ1) is 57.7. The summed E-state index contributed by atoms with van der Waals surface area (Å²) in [4.78, 5) is 25.2. The van der Waals surface area contributed by atoms with Gasteiger partial charge in [-0.15, -0.1) is 0 Å². The van der Waals surface area contributed by atoms with Crippen LogP contribution in [0.15, 0.2) is 85.1 Å². The molecule has 0 aromatic heterocycles. The van der Waals surface area contributed by atoms with Gasteiger partial charge in [0, 0.05) is 44.6 Å². The average molecular weight is 952 g/mol. The van der Waals surface area contributed by atoms with Gasteiger partial charge in [-0.05, 0) is 33.1 Å². The number of hydrogen-bond acceptors (Lipinski definition) is 17. The van der Waals surface area contributed by atoms with Gasteiger partial charge >= 0.3 is 12.0 Å². The Kier molecular flexibility index (Phi) is 24.8. The van der Waals surface area contributed by atoms with Crippen molar-refractivity contribution in [3.63, 3.8) is 0 Å². The number of allylic oxidation sites excluding steroid dienone is 12. The number of rotatable bonds is 3. The molecule has 19 nitrogen and oxygen atoms in total. The molecule has 2 bridgehead atoms. The van der Waals surface area contributed by atoms with E-state index in [1.54, 1.807) is 69.4 Å². The number of nitrogens with two attached hydrogens (primary N) is 1. The third kappa shape index (κ3) is 19.7. The van der Waals surface area contributed by atoms with Gasteiger partial charge in [-0.1, -0.05) is 98.9 Å². The third-order valence-corrected chi connectivity index (χ3v) is 12.3. The Bertz CT molecular complexity index is 1710. The lowest BCUT2D eigenvalue weighted by Crippen LogP contribution is -2.63. The standard InChI is InChI=1S/C48H77N3O16/c1-28-18-16-14-12-10-8-6-7-9-11-13-15-17-19-35(66-46-45(61)41(49)44(60)31(4)65-46)25-39-42(51-47(62)50-5)38(57)27-48(63,67-39)26-34(54)23-37(56)36(55)21-20-32(52)22-33(53)24-40(58)64-30(3)29(2)43(28)59/h6-19,28-39,41-46,52-57,59-61,63H,20-27,49H2,1-5H3,(H2,50,51,62)/b7-6+,10-8+,11-9+,14-12+,15-13+,18-16+,19-17+/t28-,29-,30-,31?,32+,33+,34-,35-,36+,37+,38-,39?,41?,42+,43+,44?,45?,46?,48+/m0/s1. The molecule has 3 heterocycles. The maximum absolute atomic E-state index is 12.6. The van der Waals surface area contributed by atoms with Gasteiger partial charge in [-0.3, -0.25) is 4.79 Å². The van der Waals surface area contributed by atoms with Gasteiger partial charge in [0.2, 0.25) is 0 Å². The highest BCUT2D eigenvalue weighted by molar-refractivity contribution is 5.74. The second-order valence-electron chi connectivity index (χ2n) is 18.0. The van der Waals surface area contributed by atoms with Crippen molar-refractivity contribution in [3.8, 4) is 0 Å². The first-order chi connectivity index (χ1) is 31.6. The summed E-state index contributed by atoms with van der Waals surface area (Å²) in [6, 6.07) is -2.93. The maximum atomic E-state index is 12.6. The Morgan fingerprint density at radius 3 is 1.87 bits per heavy atom. The number of amides is 2. The predicted molar refractivity (Wildman–Crippen MR) is 247 cm³/mol. The molecular weight excluding hydrogens is 875 g/mol. The second-order valence-corrected chi connectivity index (χ2v) is 18.0. The molecule has 3 aliphatic rings. The molecule has 6 unspecified atom stereocenters. The van der Waals surface area contributed by atoms with Crippen molar-refractivity contribution in [1.29, 1.82) is 0 Å². The van der Waals surface area contributed by atoms with E-state index in [4.69, 9.17) is 24.7 Å². The quantitative estimate of drug-likeness (QED) is 0.169. The highest BCUT2D eigenvalue weighted by Gasteiger charge is 2.49. The summed E-state index contributed by atoms with van der Waals surface area (Å²) in [5.74, 6) is -3.68. The van der Waals surface area contributed by atoms with E-state index in [1.165, 1.54) is 7.05 Å². The summed E-state index contributed by atoms with van der Waals surface area (Å²) >= 11 is 0. The van der Waals surface area contributed by atoms with E-state index < -0.39 is 147 Å². The van der Waals surface area contributed by atoms with Crippen LogP contribution in [0, 0.1) is 11.8 Å². The van der Waals surface area contributed by atoms with Gasteiger partial charge in [0.25, 0.3) is 0 Å². The number of fused-ring (bicyclic) bond motifs is 2. The highest BCUT2D eigenvalue weighted by atomic mass is 16.7. The fourth-order valence-electron chi connectivity index (χ4n) is 8.06. The lowest BCUT2D eigenvalue weighted by molar-refractivity contribution is -0.303. The fraction of sp³-hybridized carbons (Fsp3) is 0.667. The summed E-state index contributed by atoms with van der Waals surface area (Å²) in [6.45, 7) is 6.79. The van der Waals surface area contributed by atoms with Crippen LogP contribution in [0.5, 0.6) is 0 Å². The van der Waals surface area contributed by atoms with Gasteiger partial charge in [0.1, 0.15) is 12.2 Å². The van der Waals surface area contributed by atoms with E-state index in [1.807, 2.05) is 43.4 Å². The average Bonchev–Trinajstić information content (AvgIpc) is 3.26. The number of urea groups is 1. The Balaban J connectivity index is 1.89. The van der Waals surface area contributed by atoms with E-state index in [2.05, 4.69) is 10.6 Å². The van der Waals surface area contributed by atoms with Gasteiger partial charge in [-0.25, -0.2) is 4.79 Å². The van der Waals surface area contributed by atoms with Crippen molar-refractivity contribution < 1.29 is 79.6 Å². The molecule has 0 spiro atoms. The van der Waals surface area contributed by atoms with Gasteiger partial charge in [-0.2, -0.15) is 0 Å². The topological polar surface area (TPSA) is 323 Å². The van der Waals surface area contributed by atoms with Crippen LogP contribution >= 0.6 is 0 Å². The number of hydrogen-bond donors (Lipinski definition) is 13. The van der Waals surface area contributed by atoms with E-state index in [9.17, 15) is 60.7 Å². The van der Waals surface area contributed by atoms with E-state index in [0.29, 0.717) is 0 Å². The van der Waals surface area contributed by atoms with Gasteiger partial charge in [0.15, 0.2) is 12.1 Å². The zero-order valence-electron chi connectivity index (χ0n) is 39.1. The molecule has 2 fully saturated rings. The molecule has 0 aromatic carbocycles. The number of carbonyl (C=O) groups is 2. The molecule has 0 saturated carbocycles. The van der Waals surface area contributed by atoms with Crippen LogP contribution in [0.4, 0.5) is 4.79 Å². The second kappa shape index (κ2) is 28.8. The van der Waals surface area contributed by atoms with Crippen LogP contribution < -0.4 is 16.4 Å². The van der Waals surface area contributed by atoms with Crippen molar-refractivity contribution in [1.82, 2.24) is 10.6 Å². The minimum Gasteiger partial charge on any atom is -0.462 e. The largest absolute Gasteiger partial charge is 0.462 e. The zero-order valence-corrected chi connectivity index (χ0v) is 39.1. The summed E-state index contributed by atoms with van der Waals surface area (Å²) in [5.41, 5.74) is 6.07. The number of esters is 1. The molecule has 0 aliphatic carbocycles. The Morgan fingerprint density at radius 1 is 0.687 bits per heavy atom. The molecule has 19 atom stereocenters. The molecule has 0 aromatic rings. The number of nitrogens with one attached hydrogen (secondary N) is 2. The first-order valence-electron chi connectivity index (χ1n) is 23.1. The van der Waals surface area contributed by atoms with E-state index in [0.717, 1.165) is 0 Å². The number of carbonyl (C=O) groups excluding carboxylic acids is 2. The normalized spacial score (nSPS) is 44.4. The number of aliphatic hydroxyl groups excluding tert-OH is 9. The SMILES string of the molecule is CNC(=O)N[C@H]1C2C[C@@H](OC3OC(C)C(O)C(N)C3O)/C=C/C=C/C=C/C=C/C=C/C=C/C=C/[C@H](C)[C@@H](O)[C@@H](C)[C@H](C)OC(=O)C[C@H](O)C[C@H](O)CC[C@@H](O)[C@H](O)C[C@H](O)C[C@](O)(C[C@@H]1O)O2. The van der Waals surface area contributed by atoms with Gasteiger partial charge < -0.3 is 86.4 Å². The Labute approximate surface area is 393 Å². The zero-order chi connectivity index (χ0) is 49.8. The molecule has 0 radical (unpaired) electrons. The van der Waals surface area contributed by atoms with Crippen molar-refractivity contribution >= 4 is 12.0 Å². The van der Waals surface area contributed by atoms with Crippen LogP contribution in [0.25, 0.3) is 0 Å². The van der Waals surface area contributed by atoms with E-state index in [-0.39, 0.29) is 31.6 Å².